The number of phosphoric acid groups is 1. The van der Waals surface area contributed by atoms with Gasteiger partial charge in [-0.15, -0.1) is 0 Å². The highest BCUT2D eigenvalue weighted by atomic mass is 31.2. The minimum atomic E-state index is -4.29. The van der Waals surface area contributed by atoms with Crippen molar-refractivity contribution < 1.29 is 32.8 Å². The molecule has 0 heterocycles. The maximum atomic E-state index is 12.6. The van der Waals surface area contributed by atoms with Crippen molar-refractivity contribution in [2.75, 3.05) is 33.0 Å². The number of hydrogen-bond acceptors (Lipinski definition) is 7. The molecule has 0 fully saturated rings. The molecule has 2 unspecified atom stereocenters. The zero-order valence-corrected chi connectivity index (χ0v) is 41.2. The molecule has 3 N–H and O–H groups in total. The van der Waals surface area contributed by atoms with Gasteiger partial charge in [0.05, 0.1) is 19.8 Å². The van der Waals surface area contributed by atoms with E-state index in [0.717, 1.165) is 70.6 Å². The van der Waals surface area contributed by atoms with E-state index >= 15 is 0 Å². The summed E-state index contributed by atoms with van der Waals surface area (Å²) in [5.41, 5.74) is 5.39. The number of carbonyl (C=O) groups excluding carboxylic acids is 1. The van der Waals surface area contributed by atoms with Crippen LogP contribution in [0.25, 0.3) is 0 Å². The molecule has 0 radical (unpaired) electrons. The van der Waals surface area contributed by atoms with Crippen molar-refractivity contribution in [1.82, 2.24) is 0 Å². The van der Waals surface area contributed by atoms with Crippen LogP contribution in [0.3, 0.4) is 0 Å². The summed E-state index contributed by atoms with van der Waals surface area (Å²) in [5.74, 6) is -0.352. The van der Waals surface area contributed by atoms with E-state index in [1.54, 1.807) is 0 Å². The highest BCUT2D eigenvalue weighted by Gasteiger charge is 2.25. The fourth-order valence-electron chi connectivity index (χ4n) is 7.16. The van der Waals surface area contributed by atoms with Crippen molar-refractivity contribution in [3.8, 4) is 0 Å². The number of allylic oxidation sites excluding steroid dienone is 10. The molecule has 0 rings (SSSR count). The van der Waals surface area contributed by atoms with Crippen LogP contribution in [-0.2, 0) is 27.9 Å². The van der Waals surface area contributed by atoms with Crippen LogP contribution in [0.1, 0.15) is 232 Å². The Labute approximate surface area is 383 Å². The Balaban J connectivity index is 3.92. The molecule has 0 aliphatic carbocycles. The summed E-state index contributed by atoms with van der Waals surface area (Å²) < 4.78 is 33.6. The summed E-state index contributed by atoms with van der Waals surface area (Å²) in [7, 11) is -4.29. The van der Waals surface area contributed by atoms with Crippen LogP contribution in [-0.4, -0.2) is 49.9 Å². The van der Waals surface area contributed by atoms with Crippen LogP contribution < -0.4 is 5.73 Å². The van der Waals surface area contributed by atoms with E-state index in [1.165, 1.54) is 141 Å². The first-order chi connectivity index (χ1) is 30.4. The molecule has 9 heteroatoms. The van der Waals surface area contributed by atoms with Crippen molar-refractivity contribution in [3.63, 3.8) is 0 Å². The van der Waals surface area contributed by atoms with Gasteiger partial charge in [-0.25, -0.2) is 4.57 Å². The maximum absolute atomic E-state index is 12.6. The molecule has 362 valence electrons. The molecule has 2 atom stereocenters. The third-order valence-electron chi connectivity index (χ3n) is 10.9. The summed E-state index contributed by atoms with van der Waals surface area (Å²) in [6.45, 7) is 4.80. The van der Waals surface area contributed by atoms with Crippen molar-refractivity contribution >= 4 is 13.8 Å². The molecule has 0 bridgehead atoms. The van der Waals surface area contributed by atoms with Crippen LogP contribution in [0.15, 0.2) is 60.8 Å². The van der Waals surface area contributed by atoms with Gasteiger partial charge in [-0.2, -0.15) is 0 Å². The smallest absolute Gasteiger partial charge is 0.457 e. The lowest BCUT2D eigenvalue weighted by Crippen LogP contribution is -2.28. The maximum Gasteiger partial charge on any atom is 0.472 e. The quantitative estimate of drug-likeness (QED) is 0.0268. The van der Waals surface area contributed by atoms with Crippen molar-refractivity contribution in [2.24, 2.45) is 5.73 Å². The number of carbonyl (C=O) groups is 1. The van der Waals surface area contributed by atoms with Gasteiger partial charge in [0.25, 0.3) is 0 Å². The first kappa shape index (κ1) is 60.2. The van der Waals surface area contributed by atoms with E-state index in [0.29, 0.717) is 13.0 Å². The SMILES string of the molecule is CC/C=C\C/C=C\C/C=C\C/C=C\CCCCCCC(=O)OC(COCCCCCCCCCCCCCCCC/C=C\CCCCCCCCCC)COP(=O)(O)OCCN. The molecule has 0 aliphatic rings. The lowest BCUT2D eigenvalue weighted by Gasteiger charge is -2.20. The molecule has 0 spiro atoms. The Hall–Kier alpha value is -1.80. The molecule has 62 heavy (non-hydrogen) atoms. The van der Waals surface area contributed by atoms with Gasteiger partial charge in [0.15, 0.2) is 0 Å². The van der Waals surface area contributed by atoms with Crippen LogP contribution >= 0.6 is 7.82 Å². The van der Waals surface area contributed by atoms with Crippen molar-refractivity contribution in [2.45, 2.75) is 238 Å². The molecular formula is C53H98NO7P. The molecule has 0 saturated heterocycles. The Morgan fingerprint density at radius 3 is 1.37 bits per heavy atom. The summed E-state index contributed by atoms with van der Waals surface area (Å²) in [6.07, 6.45) is 62.7. The van der Waals surface area contributed by atoms with Crippen molar-refractivity contribution in [3.05, 3.63) is 60.8 Å². The molecule has 0 aliphatic heterocycles. The summed E-state index contributed by atoms with van der Waals surface area (Å²) in [5, 5.41) is 0. The molecule has 0 aromatic heterocycles. The van der Waals surface area contributed by atoms with Gasteiger partial charge in [-0.1, -0.05) is 209 Å². The van der Waals surface area contributed by atoms with Crippen LogP contribution in [0.4, 0.5) is 0 Å². The summed E-state index contributed by atoms with van der Waals surface area (Å²) >= 11 is 0. The van der Waals surface area contributed by atoms with Gasteiger partial charge in [0.1, 0.15) is 6.10 Å². The monoisotopic (exact) mass is 892 g/mol. The standard InChI is InChI=1S/C53H98NO7P/c1-3-5-7-9-11-13-15-17-19-21-22-23-24-25-26-27-28-29-31-33-35-37-39-41-43-45-48-58-50-52(51-60-62(56,57)59-49-47-54)61-53(55)46-44-42-40-38-36-34-32-30-20-18-16-14-12-10-8-6-4-2/h6,8,12,14,18,20-22,32,34,52H,3-5,7,9-11,13,15-17,19,23-31,33,35-51,54H2,1-2H3,(H,56,57)/b8-6-,14-12-,20-18-,22-21-,34-32-. The largest absolute Gasteiger partial charge is 0.472 e. The number of ether oxygens (including phenoxy) is 2. The Morgan fingerprint density at radius 1 is 0.500 bits per heavy atom. The van der Waals surface area contributed by atoms with Crippen LogP contribution in [0, 0.1) is 0 Å². The molecule has 0 amide bonds. The third-order valence-corrected chi connectivity index (χ3v) is 11.9. The van der Waals surface area contributed by atoms with Crippen LogP contribution in [0.2, 0.25) is 0 Å². The summed E-state index contributed by atoms with van der Waals surface area (Å²) in [6, 6.07) is 0. The number of phosphoric ester groups is 1. The third kappa shape index (κ3) is 49.2. The highest BCUT2D eigenvalue weighted by molar-refractivity contribution is 7.47. The van der Waals surface area contributed by atoms with E-state index in [2.05, 4.69) is 74.6 Å². The van der Waals surface area contributed by atoms with Gasteiger partial charge in [-0.3, -0.25) is 13.8 Å². The van der Waals surface area contributed by atoms with Crippen molar-refractivity contribution in [1.29, 1.82) is 0 Å². The molecular weight excluding hydrogens is 794 g/mol. The lowest BCUT2D eigenvalue weighted by atomic mass is 10.0. The van der Waals surface area contributed by atoms with E-state index in [4.69, 9.17) is 24.3 Å². The predicted molar refractivity (Wildman–Crippen MR) is 266 cm³/mol. The predicted octanol–water partition coefficient (Wildman–Crippen LogP) is 16.1. The van der Waals surface area contributed by atoms with E-state index in [-0.39, 0.29) is 32.3 Å². The second kappa shape index (κ2) is 50.2. The highest BCUT2D eigenvalue weighted by Crippen LogP contribution is 2.43. The van der Waals surface area contributed by atoms with E-state index in [1.807, 2.05) is 0 Å². The zero-order valence-electron chi connectivity index (χ0n) is 40.3. The number of rotatable bonds is 49. The van der Waals surface area contributed by atoms with E-state index < -0.39 is 13.9 Å². The van der Waals surface area contributed by atoms with Gasteiger partial charge in [0.2, 0.25) is 0 Å². The molecule has 0 aromatic carbocycles. The van der Waals surface area contributed by atoms with Gasteiger partial charge in [-0.05, 0) is 77.0 Å². The van der Waals surface area contributed by atoms with E-state index in [9.17, 15) is 14.3 Å². The Kier molecular flexibility index (Phi) is 48.7. The second-order valence-electron chi connectivity index (χ2n) is 17.0. The number of hydrogen-bond donors (Lipinski definition) is 2. The second-order valence-corrected chi connectivity index (χ2v) is 18.5. The number of unbranched alkanes of at least 4 members (excludes halogenated alkanes) is 26. The topological polar surface area (TPSA) is 117 Å². The summed E-state index contributed by atoms with van der Waals surface area (Å²) in [4.78, 5) is 22.6. The van der Waals surface area contributed by atoms with Gasteiger partial charge < -0.3 is 20.1 Å². The number of nitrogens with two attached hydrogens (primary N) is 1. The normalized spacial score (nSPS) is 13.8. The Bertz CT molecular complexity index is 1140. The zero-order chi connectivity index (χ0) is 45.1. The Morgan fingerprint density at radius 2 is 0.903 bits per heavy atom. The van der Waals surface area contributed by atoms with Crippen LogP contribution in [0.5, 0.6) is 0 Å². The fraction of sp³-hybridized carbons (Fsp3) is 0.792. The fourth-order valence-corrected chi connectivity index (χ4v) is 7.93. The minimum absolute atomic E-state index is 0.0943. The van der Waals surface area contributed by atoms with Gasteiger partial charge in [0, 0.05) is 19.6 Å². The molecule has 8 nitrogen and oxygen atoms in total. The molecule has 0 saturated carbocycles. The first-order valence-electron chi connectivity index (χ1n) is 25.8. The average Bonchev–Trinajstić information content (AvgIpc) is 3.26. The van der Waals surface area contributed by atoms with Gasteiger partial charge >= 0.3 is 13.8 Å². The molecule has 0 aromatic rings. The first-order valence-corrected chi connectivity index (χ1v) is 27.3. The average molecular weight is 892 g/mol. The lowest BCUT2D eigenvalue weighted by molar-refractivity contribution is -0.154. The minimum Gasteiger partial charge on any atom is -0.457 e. The number of esters is 1.